The molecule has 0 amide bonds. The van der Waals surface area contributed by atoms with E-state index in [9.17, 15) is 41.7 Å². The van der Waals surface area contributed by atoms with Gasteiger partial charge < -0.3 is 15.3 Å². The molecule has 0 aliphatic heterocycles. The van der Waals surface area contributed by atoms with Crippen LogP contribution in [-0.4, -0.2) is 45.5 Å². The summed E-state index contributed by atoms with van der Waals surface area (Å²) in [7, 11) is 0. The molecule has 2 fully saturated rings. The van der Waals surface area contributed by atoms with Gasteiger partial charge in [0.2, 0.25) is 0 Å². The Kier molecular flexibility index (Phi) is 8.04. The number of aliphatic hydroxyl groups is 3. The fourth-order valence-corrected chi connectivity index (χ4v) is 6.07. The minimum atomic E-state index is -5.86. The predicted molar refractivity (Wildman–Crippen MR) is 120 cm³/mol. The van der Waals surface area contributed by atoms with Crippen LogP contribution in [0.15, 0.2) is 47.1 Å². The second kappa shape index (κ2) is 10.1. The van der Waals surface area contributed by atoms with Crippen LogP contribution in [0.3, 0.4) is 0 Å². The van der Waals surface area contributed by atoms with Crippen LogP contribution in [0.25, 0.3) is 0 Å². The highest BCUT2D eigenvalue weighted by Gasteiger charge is 2.68. The van der Waals surface area contributed by atoms with E-state index in [4.69, 9.17) is 0 Å². The van der Waals surface area contributed by atoms with Crippen LogP contribution >= 0.6 is 0 Å². The van der Waals surface area contributed by atoms with E-state index in [1.807, 2.05) is 6.08 Å². The molecule has 5 atom stereocenters. The molecule has 0 aromatic rings. The van der Waals surface area contributed by atoms with Gasteiger partial charge in [-0.3, -0.25) is 0 Å². The van der Waals surface area contributed by atoms with Crippen molar-refractivity contribution in [2.24, 2.45) is 17.3 Å². The molecule has 0 aromatic heterocycles. The van der Waals surface area contributed by atoms with Crippen molar-refractivity contribution in [3.05, 3.63) is 47.1 Å². The Morgan fingerprint density at radius 2 is 1.66 bits per heavy atom. The molecule has 35 heavy (non-hydrogen) atoms. The van der Waals surface area contributed by atoms with Crippen LogP contribution in [0.1, 0.15) is 65.2 Å². The zero-order valence-corrected chi connectivity index (χ0v) is 20.0. The summed E-state index contributed by atoms with van der Waals surface area (Å²) >= 11 is 0. The quantitative estimate of drug-likeness (QED) is 0.301. The Morgan fingerprint density at radius 3 is 2.23 bits per heavy atom. The van der Waals surface area contributed by atoms with Crippen LogP contribution in [-0.2, 0) is 0 Å². The lowest BCUT2D eigenvalue weighted by Gasteiger charge is -2.42. The van der Waals surface area contributed by atoms with Crippen molar-refractivity contribution in [1.82, 2.24) is 0 Å². The summed E-state index contributed by atoms with van der Waals surface area (Å²) in [4.78, 5) is 0. The number of aliphatic hydroxyl groups excluding tert-OH is 2. The third kappa shape index (κ3) is 5.72. The lowest BCUT2D eigenvalue weighted by Crippen LogP contribution is -2.55. The van der Waals surface area contributed by atoms with E-state index >= 15 is 0 Å². The number of allylic oxidation sites excluding steroid dienone is 6. The SMILES string of the molecule is C[C@H](CC=CC(O)(C(F)(F)F)C(F)(F)F)C1=CCC2C(=CC=C3C[C@@H](O)C[C@H](O)C3)CCC[C@]12C. The molecule has 3 nitrogen and oxygen atoms in total. The molecule has 0 saturated heterocycles. The van der Waals surface area contributed by atoms with Crippen molar-refractivity contribution >= 4 is 0 Å². The molecule has 1 unspecified atom stereocenters. The van der Waals surface area contributed by atoms with Gasteiger partial charge in [-0.25, -0.2) is 0 Å². The van der Waals surface area contributed by atoms with Crippen LogP contribution in [0.4, 0.5) is 26.3 Å². The van der Waals surface area contributed by atoms with Gasteiger partial charge in [-0.15, -0.1) is 0 Å². The summed E-state index contributed by atoms with van der Waals surface area (Å²) in [6.45, 7) is 3.89. The Balaban J connectivity index is 1.73. The highest BCUT2D eigenvalue weighted by Crippen LogP contribution is 2.57. The highest BCUT2D eigenvalue weighted by atomic mass is 19.4. The maximum Gasteiger partial charge on any atom is 0.429 e. The third-order valence-electron chi connectivity index (χ3n) is 7.93. The number of fused-ring (bicyclic) bond motifs is 1. The lowest BCUT2D eigenvalue weighted by atomic mass is 9.62. The van der Waals surface area contributed by atoms with E-state index in [2.05, 4.69) is 19.1 Å². The standard InChI is InChI=1S/C26H34F6O3/c1-16(5-3-12-24(35,25(27,28)29)26(30,31)32)21-9-10-22-18(6-4-11-23(21,22)2)8-7-17-13-19(33)15-20(34)14-17/h3,7-9,12,16,19-20,22,33-35H,4-6,10-11,13-15H2,1-2H3/t16-,19-,20-,22?,23-/m1/s1. The van der Waals surface area contributed by atoms with E-state index in [-0.39, 0.29) is 29.7 Å². The molecule has 0 heterocycles. The topological polar surface area (TPSA) is 60.7 Å². The van der Waals surface area contributed by atoms with Gasteiger partial charge in [0, 0.05) is 0 Å². The molecule has 3 N–H and O–H groups in total. The van der Waals surface area contributed by atoms with Gasteiger partial charge in [-0.1, -0.05) is 54.9 Å². The summed E-state index contributed by atoms with van der Waals surface area (Å²) in [5, 5.41) is 29.2. The van der Waals surface area contributed by atoms with Crippen LogP contribution in [0.2, 0.25) is 0 Å². The van der Waals surface area contributed by atoms with Crippen molar-refractivity contribution in [3.8, 4) is 0 Å². The summed E-state index contributed by atoms with van der Waals surface area (Å²) in [5.41, 5.74) is -1.87. The second-order valence-corrected chi connectivity index (χ2v) is 10.5. The monoisotopic (exact) mass is 508 g/mol. The number of hydrogen-bond donors (Lipinski definition) is 3. The fraction of sp³-hybridized carbons (Fsp3) is 0.692. The zero-order valence-electron chi connectivity index (χ0n) is 20.0. The molecule has 3 rings (SSSR count). The molecule has 0 spiro atoms. The van der Waals surface area contributed by atoms with E-state index < -0.39 is 30.2 Å². The molecule has 0 radical (unpaired) electrons. The Bertz CT molecular complexity index is 872. The van der Waals surface area contributed by atoms with Gasteiger partial charge in [-0.2, -0.15) is 26.3 Å². The number of alkyl halides is 6. The van der Waals surface area contributed by atoms with E-state index in [1.165, 1.54) is 5.57 Å². The van der Waals surface area contributed by atoms with Crippen molar-refractivity contribution < 1.29 is 41.7 Å². The lowest BCUT2D eigenvalue weighted by molar-refractivity contribution is -0.347. The highest BCUT2D eigenvalue weighted by molar-refractivity contribution is 5.35. The van der Waals surface area contributed by atoms with Gasteiger partial charge in [0.25, 0.3) is 5.60 Å². The number of hydrogen-bond acceptors (Lipinski definition) is 3. The minimum Gasteiger partial charge on any atom is -0.393 e. The first-order valence-electron chi connectivity index (χ1n) is 12.1. The van der Waals surface area contributed by atoms with Crippen LogP contribution in [0, 0.1) is 17.3 Å². The number of halogens is 6. The Labute approximate surface area is 201 Å². The first kappa shape index (κ1) is 28.0. The summed E-state index contributed by atoms with van der Waals surface area (Å²) in [6.07, 6.45) is -1.33. The molecule has 3 aliphatic rings. The van der Waals surface area contributed by atoms with Crippen molar-refractivity contribution in [2.45, 2.75) is 95.4 Å². The van der Waals surface area contributed by atoms with Gasteiger partial charge in [0.15, 0.2) is 0 Å². The third-order valence-corrected chi connectivity index (χ3v) is 7.93. The molecule has 2 saturated carbocycles. The molecular formula is C26H34F6O3. The zero-order chi connectivity index (χ0) is 26.2. The smallest absolute Gasteiger partial charge is 0.393 e. The van der Waals surface area contributed by atoms with Crippen LogP contribution < -0.4 is 0 Å². The summed E-state index contributed by atoms with van der Waals surface area (Å²) in [6, 6.07) is 0. The molecule has 3 aliphatic carbocycles. The van der Waals surface area contributed by atoms with E-state index in [0.717, 1.165) is 42.9 Å². The van der Waals surface area contributed by atoms with Gasteiger partial charge >= 0.3 is 12.4 Å². The second-order valence-electron chi connectivity index (χ2n) is 10.5. The average molecular weight is 509 g/mol. The number of rotatable bonds is 5. The normalized spacial score (nSPS) is 32.7. The van der Waals surface area contributed by atoms with Crippen LogP contribution in [0.5, 0.6) is 0 Å². The molecule has 9 heteroatoms. The van der Waals surface area contributed by atoms with Gasteiger partial charge in [0.1, 0.15) is 0 Å². The molecule has 198 valence electrons. The maximum absolute atomic E-state index is 12.9. The Hall–Kier alpha value is -1.58. The summed E-state index contributed by atoms with van der Waals surface area (Å²) in [5.74, 6) is -0.0939. The first-order chi connectivity index (χ1) is 16.1. The van der Waals surface area contributed by atoms with Crippen molar-refractivity contribution in [2.75, 3.05) is 0 Å². The van der Waals surface area contributed by atoms with E-state index in [0.29, 0.717) is 19.3 Å². The summed E-state index contributed by atoms with van der Waals surface area (Å²) < 4.78 is 77.6. The van der Waals surface area contributed by atoms with Gasteiger partial charge in [0.05, 0.1) is 12.2 Å². The Morgan fingerprint density at radius 1 is 1.06 bits per heavy atom. The largest absolute Gasteiger partial charge is 0.429 e. The average Bonchev–Trinajstić information content (AvgIpc) is 3.07. The van der Waals surface area contributed by atoms with E-state index in [1.54, 1.807) is 6.92 Å². The van der Waals surface area contributed by atoms with Gasteiger partial charge in [-0.05, 0) is 74.7 Å². The molecular weight excluding hydrogens is 474 g/mol. The predicted octanol–water partition coefficient (Wildman–Crippen LogP) is 6.32. The molecule has 0 bridgehead atoms. The fourth-order valence-electron chi connectivity index (χ4n) is 6.07. The molecule has 0 aromatic carbocycles. The van der Waals surface area contributed by atoms with Crippen molar-refractivity contribution in [1.29, 1.82) is 0 Å². The first-order valence-corrected chi connectivity index (χ1v) is 12.1. The maximum atomic E-state index is 12.9. The van der Waals surface area contributed by atoms with Crippen molar-refractivity contribution in [3.63, 3.8) is 0 Å². The minimum absolute atomic E-state index is 0.0541.